The molecule has 0 fully saturated rings. The van der Waals surface area contributed by atoms with E-state index in [9.17, 15) is 45.5 Å². The van der Waals surface area contributed by atoms with Crippen molar-refractivity contribution in [3.05, 3.63) is 97.6 Å². The molecule has 2 aliphatic heterocycles. The first-order valence-electron chi connectivity index (χ1n) is 12.6. The number of rotatable bonds is 3. The molecule has 218 valence electrons. The maximum atomic E-state index is 14.8. The average molecular weight is 589 g/mol. The lowest BCUT2D eigenvalue weighted by atomic mass is 9.71. The van der Waals surface area contributed by atoms with Gasteiger partial charge in [0.1, 0.15) is 0 Å². The second-order valence-corrected chi connectivity index (χ2v) is 10.5. The summed E-state index contributed by atoms with van der Waals surface area (Å²) in [5.74, 6) is -4.05. The van der Waals surface area contributed by atoms with Crippen LogP contribution in [0.15, 0.2) is 36.4 Å². The molecule has 0 saturated heterocycles. The van der Waals surface area contributed by atoms with Crippen molar-refractivity contribution in [2.75, 3.05) is 4.90 Å². The molecular formula is C30H22F6N2O4. The summed E-state index contributed by atoms with van der Waals surface area (Å²) in [6.45, 7) is 8.76. The zero-order valence-electron chi connectivity index (χ0n) is 22.8. The van der Waals surface area contributed by atoms with Crippen LogP contribution in [0.25, 0.3) is 0 Å². The highest BCUT2D eigenvalue weighted by atomic mass is 19.4. The smallest absolute Gasteiger partial charge is 0.288 e. The van der Waals surface area contributed by atoms with E-state index in [4.69, 9.17) is 0 Å². The molecule has 12 heteroatoms. The van der Waals surface area contributed by atoms with Crippen molar-refractivity contribution < 1.29 is 45.5 Å². The van der Waals surface area contributed by atoms with E-state index in [1.165, 1.54) is 0 Å². The first-order valence-corrected chi connectivity index (χ1v) is 12.6. The lowest BCUT2D eigenvalue weighted by molar-refractivity contribution is -0.288. The van der Waals surface area contributed by atoms with Crippen molar-refractivity contribution in [3.63, 3.8) is 0 Å². The Balaban J connectivity index is 1.76. The number of amides is 4. The fourth-order valence-electron chi connectivity index (χ4n) is 5.88. The van der Waals surface area contributed by atoms with Crippen LogP contribution in [0.4, 0.5) is 32.0 Å². The summed E-state index contributed by atoms with van der Waals surface area (Å²) >= 11 is 0. The number of carbonyl (C=O) groups is 4. The predicted molar refractivity (Wildman–Crippen MR) is 139 cm³/mol. The molecule has 2 heterocycles. The van der Waals surface area contributed by atoms with Crippen LogP contribution in [0.2, 0.25) is 0 Å². The Hall–Kier alpha value is -4.48. The topological polar surface area (TPSA) is 83.6 Å². The highest BCUT2D eigenvalue weighted by molar-refractivity contribution is 6.35. The third-order valence-electron chi connectivity index (χ3n) is 8.52. The van der Waals surface area contributed by atoms with Gasteiger partial charge in [0.2, 0.25) is 5.41 Å². The molecule has 0 radical (unpaired) electrons. The maximum Gasteiger partial charge on any atom is 0.411 e. The number of halogens is 6. The van der Waals surface area contributed by atoms with Crippen molar-refractivity contribution in [1.82, 2.24) is 5.32 Å². The van der Waals surface area contributed by atoms with E-state index in [0.29, 0.717) is 41.5 Å². The van der Waals surface area contributed by atoms with E-state index >= 15 is 0 Å². The molecule has 5 rings (SSSR count). The molecule has 0 atom stereocenters. The van der Waals surface area contributed by atoms with Crippen molar-refractivity contribution in [2.45, 2.75) is 52.4 Å². The third-order valence-corrected chi connectivity index (χ3v) is 8.52. The summed E-state index contributed by atoms with van der Waals surface area (Å²) in [5.41, 5.74) is -5.65. The van der Waals surface area contributed by atoms with E-state index < -0.39 is 63.7 Å². The Kier molecular flexibility index (Phi) is 6.23. The Morgan fingerprint density at radius 1 is 0.548 bits per heavy atom. The van der Waals surface area contributed by atoms with Crippen molar-refractivity contribution in [2.24, 2.45) is 0 Å². The van der Waals surface area contributed by atoms with Gasteiger partial charge < -0.3 is 0 Å². The number of anilines is 1. The SMILES string of the molecule is Cc1c(C)c(C)c(N2C(=O)c3ccc(C(c4ccc5c(c4)C(=O)NC5=O)(C(F)(F)F)C(F)(F)F)cc3C2=O)c(C)c1C. The van der Waals surface area contributed by atoms with Crippen molar-refractivity contribution >= 4 is 29.3 Å². The predicted octanol–water partition coefficient (Wildman–Crippen LogP) is 6.32. The van der Waals surface area contributed by atoms with Gasteiger partial charge in [0, 0.05) is 0 Å². The number of hydrogen-bond acceptors (Lipinski definition) is 4. The molecule has 4 amide bonds. The van der Waals surface area contributed by atoms with Gasteiger partial charge in [-0.1, -0.05) is 12.1 Å². The van der Waals surface area contributed by atoms with Gasteiger partial charge >= 0.3 is 12.4 Å². The zero-order chi connectivity index (χ0) is 31.3. The summed E-state index contributed by atoms with van der Waals surface area (Å²) in [6, 6.07) is 3.31. The molecule has 42 heavy (non-hydrogen) atoms. The third kappa shape index (κ3) is 3.66. The van der Waals surface area contributed by atoms with Crippen molar-refractivity contribution in [3.8, 4) is 0 Å². The molecule has 6 nitrogen and oxygen atoms in total. The Bertz CT molecular complexity index is 1730. The number of benzene rings is 3. The lowest BCUT2D eigenvalue weighted by Gasteiger charge is -2.38. The largest absolute Gasteiger partial charge is 0.411 e. The van der Waals surface area contributed by atoms with Crippen molar-refractivity contribution in [1.29, 1.82) is 0 Å². The summed E-state index contributed by atoms with van der Waals surface area (Å²) in [7, 11) is 0. The van der Waals surface area contributed by atoms with Crippen LogP contribution in [0.1, 0.15) is 80.4 Å². The Morgan fingerprint density at radius 2 is 0.952 bits per heavy atom. The zero-order valence-corrected chi connectivity index (χ0v) is 22.8. The molecule has 3 aromatic rings. The van der Waals surface area contributed by atoms with Gasteiger partial charge in [0.25, 0.3) is 23.6 Å². The molecule has 1 N–H and O–H groups in total. The molecule has 2 aliphatic rings. The van der Waals surface area contributed by atoms with Crippen LogP contribution in [0, 0.1) is 34.6 Å². The van der Waals surface area contributed by atoms with Crippen LogP contribution in [0.3, 0.4) is 0 Å². The number of carbonyl (C=O) groups excluding carboxylic acids is 4. The second-order valence-electron chi connectivity index (χ2n) is 10.5. The lowest BCUT2D eigenvalue weighted by Crippen LogP contribution is -2.55. The minimum atomic E-state index is -6.03. The van der Waals surface area contributed by atoms with E-state index in [1.54, 1.807) is 27.7 Å². The molecule has 0 aromatic heterocycles. The summed E-state index contributed by atoms with van der Waals surface area (Å²) < 4.78 is 88.9. The van der Waals surface area contributed by atoms with Crippen LogP contribution >= 0.6 is 0 Å². The quantitative estimate of drug-likeness (QED) is 0.287. The Morgan fingerprint density at radius 3 is 1.45 bits per heavy atom. The molecule has 0 aliphatic carbocycles. The minimum absolute atomic E-state index is 0.218. The number of imide groups is 2. The highest BCUT2D eigenvalue weighted by Gasteiger charge is 2.73. The van der Waals surface area contributed by atoms with Gasteiger partial charge in [-0.3, -0.25) is 24.5 Å². The molecule has 0 bridgehead atoms. The summed E-state index contributed by atoms with van der Waals surface area (Å²) in [5, 5.41) is 1.84. The first-order chi connectivity index (χ1) is 19.4. The Labute approximate surface area is 235 Å². The number of hydrogen-bond donors (Lipinski definition) is 1. The van der Waals surface area contributed by atoms with E-state index in [1.807, 2.05) is 12.2 Å². The normalized spacial score (nSPS) is 15.4. The molecule has 0 saturated carbocycles. The summed E-state index contributed by atoms with van der Waals surface area (Å²) in [6.07, 6.45) is -12.1. The number of nitrogens with zero attached hydrogens (tertiary/aromatic N) is 1. The second kappa shape index (κ2) is 9.01. The molecular weight excluding hydrogens is 566 g/mol. The van der Waals surface area contributed by atoms with Crippen LogP contribution in [-0.4, -0.2) is 36.0 Å². The average Bonchev–Trinajstić information content (AvgIpc) is 3.32. The van der Waals surface area contributed by atoms with Crippen LogP contribution in [0.5, 0.6) is 0 Å². The van der Waals surface area contributed by atoms with Crippen LogP contribution < -0.4 is 10.2 Å². The van der Waals surface area contributed by atoms with E-state index in [0.717, 1.165) is 27.7 Å². The summed E-state index contributed by atoms with van der Waals surface area (Å²) in [4.78, 5) is 51.9. The fourth-order valence-corrected chi connectivity index (χ4v) is 5.88. The monoisotopic (exact) mass is 588 g/mol. The van der Waals surface area contributed by atoms with Crippen LogP contribution in [-0.2, 0) is 5.41 Å². The van der Waals surface area contributed by atoms with Gasteiger partial charge in [0.05, 0.1) is 27.9 Å². The van der Waals surface area contributed by atoms with Gasteiger partial charge in [0.15, 0.2) is 0 Å². The molecule has 0 spiro atoms. The fraction of sp³-hybridized carbons (Fsp3) is 0.267. The van der Waals surface area contributed by atoms with Gasteiger partial charge in [-0.2, -0.15) is 26.3 Å². The van der Waals surface area contributed by atoms with Gasteiger partial charge in [-0.05, 0) is 97.8 Å². The standard InChI is InChI=1S/C30H22F6N2O4/c1-12-13(2)15(4)23(16(5)14(12)3)38-26(41)20-9-7-18(11-22(20)27(38)42)28(29(31,32)33,30(34,35)36)17-6-8-19-21(10-17)25(40)37-24(19)39/h6-11H,1-5H3,(H,37,39,40). The van der Waals surface area contributed by atoms with E-state index in [2.05, 4.69) is 0 Å². The van der Waals surface area contributed by atoms with Gasteiger partial charge in [-0.25, -0.2) is 4.90 Å². The van der Waals surface area contributed by atoms with E-state index in [-0.39, 0.29) is 16.8 Å². The minimum Gasteiger partial charge on any atom is -0.288 e. The highest BCUT2D eigenvalue weighted by Crippen LogP contribution is 2.57. The number of fused-ring (bicyclic) bond motifs is 2. The number of nitrogens with one attached hydrogen (secondary N) is 1. The number of alkyl halides is 6. The molecule has 3 aromatic carbocycles. The van der Waals surface area contributed by atoms with Gasteiger partial charge in [-0.15, -0.1) is 0 Å². The first kappa shape index (κ1) is 29.0. The molecule has 0 unspecified atom stereocenters. The maximum absolute atomic E-state index is 14.8.